The van der Waals surface area contributed by atoms with Gasteiger partial charge in [-0.1, -0.05) is 6.07 Å². The van der Waals surface area contributed by atoms with Crippen molar-refractivity contribution in [2.24, 2.45) is 0 Å². The van der Waals surface area contributed by atoms with E-state index in [1.165, 1.54) is 17.6 Å². The van der Waals surface area contributed by atoms with Crippen LogP contribution in [0.1, 0.15) is 27.2 Å². The smallest absolute Gasteiger partial charge is 0.263 e. The lowest BCUT2D eigenvalue weighted by Gasteiger charge is -2.08. The molecule has 22 heavy (non-hydrogen) atoms. The van der Waals surface area contributed by atoms with Crippen molar-refractivity contribution in [3.63, 3.8) is 0 Å². The number of amides is 1. The average molecular weight is 334 g/mol. The molecular weight excluding hydrogens is 320 g/mol. The molecule has 3 heterocycles. The number of thiazole rings is 1. The molecule has 0 aromatic carbocycles. The molecule has 2 N–H and O–H groups in total. The molecule has 3 aromatic heterocycles. The van der Waals surface area contributed by atoms with Gasteiger partial charge in [0.25, 0.3) is 5.91 Å². The molecule has 3 aromatic rings. The maximum atomic E-state index is 12.2. The average Bonchev–Trinajstić information content (AvgIpc) is 3.23. The van der Waals surface area contributed by atoms with Gasteiger partial charge in [0, 0.05) is 0 Å². The molecule has 1 amide bonds. The topological polar surface area (TPSA) is 75.4 Å². The second kappa shape index (κ2) is 6.43. The minimum absolute atomic E-state index is 0.0953. The Labute approximate surface area is 135 Å². The quantitative estimate of drug-likeness (QED) is 0.751. The number of hydrogen-bond donors (Lipinski definition) is 2. The summed E-state index contributed by atoms with van der Waals surface area (Å²) in [5.74, 6) is 0.198. The van der Waals surface area contributed by atoms with Gasteiger partial charge in [0.15, 0.2) is 0 Å². The third-order valence-corrected chi connectivity index (χ3v) is 5.26. The van der Waals surface area contributed by atoms with Gasteiger partial charge in [-0.3, -0.25) is 4.79 Å². The van der Waals surface area contributed by atoms with Crippen molar-refractivity contribution in [1.82, 2.24) is 10.3 Å². The third kappa shape index (κ3) is 3.11. The molecule has 0 spiro atoms. The zero-order valence-corrected chi connectivity index (χ0v) is 13.4. The molecule has 0 fully saturated rings. The second-order valence-electron chi connectivity index (χ2n) is 4.65. The number of rotatable bonds is 5. The van der Waals surface area contributed by atoms with Crippen LogP contribution in [0.4, 0.5) is 0 Å². The minimum atomic E-state index is -0.857. The fourth-order valence-electron chi connectivity index (χ4n) is 1.96. The van der Waals surface area contributed by atoms with Crippen molar-refractivity contribution in [3.05, 3.63) is 52.2 Å². The van der Waals surface area contributed by atoms with E-state index >= 15 is 0 Å². The van der Waals surface area contributed by atoms with Crippen LogP contribution < -0.4 is 5.32 Å². The van der Waals surface area contributed by atoms with Crippen LogP contribution in [0.25, 0.3) is 9.88 Å². The van der Waals surface area contributed by atoms with Crippen LogP contribution in [-0.2, 0) is 0 Å². The molecule has 0 aliphatic carbocycles. The largest absolute Gasteiger partial charge is 0.467 e. The van der Waals surface area contributed by atoms with E-state index in [-0.39, 0.29) is 12.5 Å². The summed E-state index contributed by atoms with van der Waals surface area (Å²) in [7, 11) is 0. The molecule has 0 saturated heterocycles. The predicted octanol–water partition coefficient (Wildman–Crippen LogP) is 3.24. The Bertz CT molecular complexity index is 748. The van der Waals surface area contributed by atoms with Gasteiger partial charge >= 0.3 is 0 Å². The molecule has 7 heteroatoms. The normalized spacial score (nSPS) is 12.3. The van der Waals surface area contributed by atoms with Gasteiger partial charge in [0.2, 0.25) is 0 Å². The number of furan rings is 1. The lowest BCUT2D eigenvalue weighted by atomic mass is 10.2. The van der Waals surface area contributed by atoms with Crippen molar-refractivity contribution in [2.75, 3.05) is 6.54 Å². The van der Waals surface area contributed by atoms with E-state index in [9.17, 15) is 9.90 Å². The first kappa shape index (κ1) is 15.0. The highest BCUT2D eigenvalue weighted by atomic mass is 32.1. The fourth-order valence-corrected chi connectivity index (χ4v) is 3.74. The van der Waals surface area contributed by atoms with Gasteiger partial charge in [-0.2, -0.15) is 0 Å². The van der Waals surface area contributed by atoms with Gasteiger partial charge < -0.3 is 14.8 Å². The van der Waals surface area contributed by atoms with Crippen molar-refractivity contribution in [3.8, 4) is 9.88 Å². The van der Waals surface area contributed by atoms with E-state index in [0.29, 0.717) is 16.3 Å². The van der Waals surface area contributed by atoms with Gasteiger partial charge in [-0.15, -0.1) is 22.7 Å². The van der Waals surface area contributed by atoms with Gasteiger partial charge in [-0.25, -0.2) is 4.98 Å². The van der Waals surface area contributed by atoms with E-state index in [4.69, 9.17) is 4.42 Å². The molecule has 5 nitrogen and oxygen atoms in total. The molecule has 0 aliphatic heterocycles. The molecule has 0 aliphatic rings. The number of thiophene rings is 1. The van der Waals surface area contributed by atoms with E-state index in [2.05, 4.69) is 10.3 Å². The first-order valence-corrected chi connectivity index (χ1v) is 8.35. The summed E-state index contributed by atoms with van der Waals surface area (Å²) < 4.78 is 5.10. The van der Waals surface area contributed by atoms with E-state index < -0.39 is 6.10 Å². The maximum absolute atomic E-state index is 12.2. The number of aromatic nitrogens is 1. The summed E-state index contributed by atoms with van der Waals surface area (Å²) in [5.41, 5.74) is 0.693. The molecule has 114 valence electrons. The van der Waals surface area contributed by atoms with Crippen LogP contribution in [0.15, 0.2) is 40.3 Å². The summed E-state index contributed by atoms with van der Waals surface area (Å²) in [4.78, 5) is 18.3. The number of carbonyl (C=O) groups excluding carboxylic acids is 1. The van der Waals surface area contributed by atoms with Crippen LogP contribution in [0, 0.1) is 6.92 Å². The Balaban J connectivity index is 1.68. The molecule has 0 bridgehead atoms. The Morgan fingerprint density at radius 3 is 3.00 bits per heavy atom. The number of hydrogen-bond acceptors (Lipinski definition) is 6. The van der Waals surface area contributed by atoms with Gasteiger partial charge in [0.05, 0.1) is 23.4 Å². The van der Waals surface area contributed by atoms with Crippen LogP contribution in [0.5, 0.6) is 0 Å². The zero-order valence-electron chi connectivity index (χ0n) is 11.8. The van der Waals surface area contributed by atoms with Gasteiger partial charge in [0.1, 0.15) is 21.7 Å². The lowest BCUT2D eigenvalue weighted by Crippen LogP contribution is -2.28. The summed E-state index contributed by atoms with van der Waals surface area (Å²) >= 11 is 2.95. The first-order chi connectivity index (χ1) is 10.6. The predicted molar refractivity (Wildman–Crippen MR) is 86.2 cm³/mol. The number of nitrogens with one attached hydrogen (secondary N) is 1. The minimum Gasteiger partial charge on any atom is -0.467 e. The number of aryl methyl sites for hydroxylation is 1. The Morgan fingerprint density at radius 1 is 1.45 bits per heavy atom. The number of carbonyl (C=O) groups is 1. The van der Waals surface area contributed by atoms with Crippen LogP contribution >= 0.6 is 22.7 Å². The summed E-state index contributed by atoms with van der Waals surface area (Å²) in [6, 6.07) is 7.30. The molecule has 0 saturated carbocycles. The van der Waals surface area contributed by atoms with E-state index in [1.807, 2.05) is 24.4 Å². The van der Waals surface area contributed by atoms with Crippen molar-refractivity contribution in [2.45, 2.75) is 13.0 Å². The van der Waals surface area contributed by atoms with E-state index in [0.717, 1.165) is 9.88 Å². The highest BCUT2D eigenvalue weighted by Crippen LogP contribution is 2.31. The maximum Gasteiger partial charge on any atom is 0.263 e. The van der Waals surface area contributed by atoms with Crippen LogP contribution in [0.2, 0.25) is 0 Å². The zero-order chi connectivity index (χ0) is 15.5. The molecule has 3 rings (SSSR count). The number of aliphatic hydroxyl groups is 1. The van der Waals surface area contributed by atoms with Crippen LogP contribution in [-0.4, -0.2) is 22.5 Å². The summed E-state index contributed by atoms with van der Waals surface area (Å²) in [6.45, 7) is 1.91. The Morgan fingerprint density at radius 2 is 2.32 bits per heavy atom. The SMILES string of the molecule is Cc1nc(-c2cccs2)sc1C(=O)NCC(O)c1ccco1. The lowest BCUT2D eigenvalue weighted by molar-refractivity contribution is 0.0904. The highest BCUT2D eigenvalue weighted by molar-refractivity contribution is 7.22. The Kier molecular flexibility index (Phi) is 4.37. The van der Waals surface area contributed by atoms with Crippen molar-refractivity contribution < 1.29 is 14.3 Å². The number of nitrogens with zero attached hydrogens (tertiary/aromatic N) is 1. The standard InChI is InChI=1S/C15H14N2O3S2/c1-9-13(22-15(17-9)12-5-3-7-21-12)14(19)16-8-10(18)11-4-2-6-20-11/h2-7,10,18H,8H2,1H3,(H,16,19). The fraction of sp³-hybridized carbons (Fsp3) is 0.200. The van der Waals surface area contributed by atoms with E-state index in [1.54, 1.807) is 23.5 Å². The Hall–Kier alpha value is -1.96. The molecular formula is C15H14N2O3S2. The third-order valence-electron chi connectivity index (χ3n) is 3.06. The molecule has 0 radical (unpaired) electrons. The monoisotopic (exact) mass is 334 g/mol. The first-order valence-electron chi connectivity index (χ1n) is 6.66. The van der Waals surface area contributed by atoms with Crippen LogP contribution in [0.3, 0.4) is 0 Å². The molecule has 1 atom stereocenters. The van der Waals surface area contributed by atoms with Gasteiger partial charge in [-0.05, 0) is 30.5 Å². The summed E-state index contributed by atoms with van der Waals surface area (Å²) in [6.07, 6.45) is 0.630. The second-order valence-corrected chi connectivity index (χ2v) is 6.60. The number of aliphatic hydroxyl groups excluding tert-OH is 1. The van der Waals surface area contributed by atoms with Crippen molar-refractivity contribution >= 4 is 28.6 Å². The van der Waals surface area contributed by atoms with Crippen molar-refractivity contribution in [1.29, 1.82) is 0 Å². The molecule has 1 unspecified atom stereocenters. The summed E-state index contributed by atoms with van der Waals surface area (Å²) in [5, 5.41) is 15.4. The highest BCUT2D eigenvalue weighted by Gasteiger charge is 2.18.